The summed E-state index contributed by atoms with van der Waals surface area (Å²) in [5.74, 6) is 0.757. The molecule has 1 nitrogen and oxygen atoms in total. The van der Waals surface area contributed by atoms with Gasteiger partial charge in [0.05, 0.1) is 5.69 Å². The fraction of sp³-hybridized carbons (Fsp3) is 0.571. The molecule has 0 aliphatic heterocycles. The van der Waals surface area contributed by atoms with Gasteiger partial charge in [-0.15, -0.1) is 0 Å². The van der Waals surface area contributed by atoms with Crippen molar-refractivity contribution in [1.82, 2.24) is 0 Å². The predicted molar refractivity (Wildman–Crippen MR) is 91.3 cm³/mol. The molecule has 0 saturated heterocycles. The Hall–Kier alpha value is 0.460. The molecule has 1 rings (SSSR count). The summed E-state index contributed by atoms with van der Waals surface area (Å²) in [6.07, 6.45) is 5.15. The molecular weight excluding hydrogens is 422 g/mol. The van der Waals surface area contributed by atoms with Gasteiger partial charge in [-0.3, -0.25) is 0 Å². The second-order valence-electron chi connectivity index (χ2n) is 4.54. The second-order valence-corrected chi connectivity index (χ2v) is 7.17. The van der Waals surface area contributed by atoms with E-state index in [-0.39, 0.29) is 0 Å². The van der Waals surface area contributed by atoms with Crippen molar-refractivity contribution in [2.75, 3.05) is 11.9 Å². The maximum atomic E-state index is 3.60. The molecule has 0 bridgehead atoms. The number of hydrogen-bond acceptors (Lipinski definition) is 1. The van der Waals surface area contributed by atoms with Gasteiger partial charge in [0, 0.05) is 20.0 Å². The Kier molecular flexibility index (Phi) is 7.89. The molecule has 0 fully saturated rings. The van der Waals surface area contributed by atoms with Gasteiger partial charge in [0.15, 0.2) is 0 Å². The Morgan fingerprint density at radius 3 is 2.22 bits per heavy atom. The maximum absolute atomic E-state index is 3.60. The molecule has 1 unspecified atom stereocenters. The highest BCUT2D eigenvalue weighted by Crippen LogP contribution is 2.34. The molecular formula is C14H20Br3N. The van der Waals surface area contributed by atoms with Crippen LogP contribution in [0, 0.1) is 5.92 Å². The lowest BCUT2D eigenvalue weighted by atomic mass is 9.99. The van der Waals surface area contributed by atoms with Crippen LogP contribution in [-0.4, -0.2) is 6.54 Å². The first-order valence-corrected chi connectivity index (χ1v) is 8.84. The van der Waals surface area contributed by atoms with E-state index in [1.54, 1.807) is 0 Å². The molecule has 0 aliphatic rings. The number of hydrogen-bond donors (Lipinski definition) is 1. The topological polar surface area (TPSA) is 12.0 Å². The Labute approximate surface area is 136 Å². The van der Waals surface area contributed by atoms with E-state index in [1.807, 2.05) is 0 Å². The highest BCUT2D eigenvalue weighted by atomic mass is 79.9. The first-order valence-electron chi connectivity index (χ1n) is 6.46. The summed E-state index contributed by atoms with van der Waals surface area (Å²) < 4.78 is 3.26. The lowest BCUT2D eigenvalue weighted by Gasteiger charge is -2.18. The molecule has 0 heterocycles. The quantitative estimate of drug-likeness (QED) is 0.502. The number of anilines is 1. The Balaban J connectivity index is 2.62. The van der Waals surface area contributed by atoms with Crippen molar-refractivity contribution < 1.29 is 0 Å². The van der Waals surface area contributed by atoms with Crippen molar-refractivity contribution in [3.63, 3.8) is 0 Å². The molecule has 1 aromatic carbocycles. The molecule has 4 heteroatoms. The smallest absolute Gasteiger partial charge is 0.0629 e. The van der Waals surface area contributed by atoms with Gasteiger partial charge in [-0.1, -0.05) is 49.0 Å². The van der Waals surface area contributed by atoms with E-state index in [0.29, 0.717) is 0 Å². The minimum atomic E-state index is 0.757. The SMILES string of the molecule is CCCCC(CC)CNc1c(Br)cc(Br)cc1Br. The highest BCUT2D eigenvalue weighted by molar-refractivity contribution is 9.11. The van der Waals surface area contributed by atoms with Crippen LogP contribution in [0.4, 0.5) is 5.69 Å². The summed E-state index contributed by atoms with van der Waals surface area (Å²) in [4.78, 5) is 0. The number of halogens is 3. The average Bonchev–Trinajstić information content (AvgIpc) is 2.31. The summed E-state index contributed by atoms with van der Waals surface area (Å²) in [7, 11) is 0. The van der Waals surface area contributed by atoms with Gasteiger partial charge >= 0.3 is 0 Å². The van der Waals surface area contributed by atoms with Crippen LogP contribution in [0.15, 0.2) is 25.6 Å². The van der Waals surface area contributed by atoms with E-state index in [1.165, 1.54) is 25.7 Å². The van der Waals surface area contributed by atoms with Gasteiger partial charge in [0.1, 0.15) is 0 Å². The standard InChI is InChI=1S/C14H20Br3N/c1-3-5-6-10(4-2)9-18-14-12(16)7-11(15)8-13(14)17/h7-8,10,18H,3-6,9H2,1-2H3. The van der Waals surface area contributed by atoms with E-state index >= 15 is 0 Å². The van der Waals surface area contributed by atoms with Crippen LogP contribution in [0.5, 0.6) is 0 Å². The second kappa shape index (κ2) is 8.60. The molecule has 1 atom stereocenters. The minimum absolute atomic E-state index is 0.757. The third-order valence-corrected chi connectivity index (χ3v) is 4.83. The fourth-order valence-corrected chi connectivity index (χ4v) is 4.44. The lowest BCUT2D eigenvalue weighted by Crippen LogP contribution is -2.14. The van der Waals surface area contributed by atoms with Crippen molar-refractivity contribution in [2.24, 2.45) is 5.92 Å². The summed E-state index contributed by atoms with van der Waals surface area (Å²) >= 11 is 10.7. The van der Waals surface area contributed by atoms with Crippen LogP contribution in [0.2, 0.25) is 0 Å². The van der Waals surface area contributed by atoms with Crippen LogP contribution < -0.4 is 5.32 Å². The van der Waals surface area contributed by atoms with Gasteiger partial charge in [0.25, 0.3) is 0 Å². The third-order valence-electron chi connectivity index (χ3n) is 3.12. The van der Waals surface area contributed by atoms with Crippen LogP contribution in [0.1, 0.15) is 39.5 Å². The number of rotatable bonds is 7. The fourth-order valence-electron chi connectivity index (χ4n) is 1.90. The van der Waals surface area contributed by atoms with E-state index in [0.717, 1.165) is 31.6 Å². The highest BCUT2D eigenvalue weighted by Gasteiger charge is 2.10. The van der Waals surface area contributed by atoms with E-state index in [2.05, 4.69) is 79.1 Å². The molecule has 0 radical (unpaired) electrons. The van der Waals surface area contributed by atoms with Gasteiger partial charge in [-0.2, -0.15) is 0 Å². The Morgan fingerprint density at radius 1 is 1.11 bits per heavy atom. The average molecular weight is 442 g/mol. The largest absolute Gasteiger partial charge is 0.383 e. The molecule has 1 N–H and O–H groups in total. The minimum Gasteiger partial charge on any atom is -0.383 e. The Bertz CT molecular complexity index is 356. The third kappa shape index (κ3) is 5.22. The number of benzene rings is 1. The number of unbranched alkanes of at least 4 members (excludes halogenated alkanes) is 1. The van der Waals surface area contributed by atoms with Crippen molar-refractivity contribution in [3.05, 3.63) is 25.6 Å². The monoisotopic (exact) mass is 439 g/mol. The summed E-state index contributed by atoms with van der Waals surface area (Å²) in [5.41, 5.74) is 1.15. The van der Waals surface area contributed by atoms with E-state index < -0.39 is 0 Å². The zero-order valence-electron chi connectivity index (χ0n) is 10.9. The van der Waals surface area contributed by atoms with Gasteiger partial charge in [-0.25, -0.2) is 0 Å². The maximum Gasteiger partial charge on any atom is 0.0629 e. The Morgan fingerprint density at radius 2 is 1.72 bits per heavy atom. The molecule has 102 valence electrons. The van der Waals surface area contributed by atoms with Gasteiger partial charge < -0.3 is 5.32 Å². The molecule has 0 aliphatic carbocycles. The van der Waals surface area contributed by atoms with Crippen molar-refractivity contribution in [2.45, 2.75) is 39.5 Å². The first kappa shape index (κ1) is 16.5. The molecule has 18 heavy (non-hydrogen) atoms. The van der Waals surface area contributed by atoms with Crippen molar-refractivity contribution in [1.29, 1.82) is 0 Å². The summed E-state index contributed by atoms with van der Waals surface area (Å²) in [5, 5.41) is 3.55. The van der Waals surface area contributed by atoms with Gasteiger partial charge in [0.2, 0.25) is 0 Å². The number of nitrogens with one attached hydrogen (secondary N) is 1. The molecule has 0 spiro atoms. The predicted octanol–water partition coefficient (Wildman–Crippen LogP) is 6.60. The molecule has 0 aromatic heterocycles. The first-order chi connectivity index (χ1) is 8.58. The van der Waals surface area contributed by atoms with E-state index in [9.17, 15) is 0 Å². The molecule has 0 saturated carbocycles. The van der Waals surface area contributed by atoms with Crippen LogP contribution in [-0.2, 0) is 0 Å². The molecule has 0 amide bonds. The van der Waals surface area contributed by atoms with Crippen molar-refractivity contribution >= 4 is 53.5 Å². The molecule has 1 aromatic rings. The van der Waals surface area contributed by atoms with Crippen LogP contribution >= 0.6 is 47.8 Å². The van der Waals surface area contributed by atoms with Crippen molar-refractivity contribution in [3.8, 4) is 0 Å². The van der Waals surface area contributed by atoms with Crippen LogP contribution in [0.3, 0.4) is 0 Å². The normalized spacial score (nSPS) is 12.5. The zero-order chi connectivity index (χ0) is 13.5. The summed E-state index contributed by atoms with van der Waals surface area (Å²) in [6.45, 7) is 5.56. The zero-order valence-corrected chi connectivity index (χ0v) is 15.7. The van der Waals surface area contributed by atoms with Gasteiger partial charge in [-0.05, 0) is 56.3 Å². The van der Waals surface area contributed by atoms with Crippen LogP contribution in [0.25, 0.3) is 0 Å². The lowest BCUT2D eigenvalue weighted by molar-refractivity contribution is 0.472. The summed E-state index contributed by atoms with van der Waals surface area (Å²) in [6, 6.07) is 4.14. The van der Waals surface area contributed by atoms with E-state index in [4.69, 9.17) is 0 Å².